The molecule has 0 aliphatic carbocycles. The normalized spacial score (nSPS) is 17.5. The number of nitrogens with zero attached hydrogens (tertiary/aromatic N) is 4. The second kappa shape index (κ2) is 28.6. The van der Waals surface area contributed by atoms with E-state index in [9.17, 15) is 36.9 Å². The fourth-order valence-electron chi connectivity index (χ4n) is 9.85. The highest BCUT2D eigenvalue weighted by Crippen LogP contribution is 2.34. The number of nitrogens with one attached hydrogen (secondary N) is 1. The van der Waals surface area contributed by atoms with Crippen molar-refractivity contribution in [3.05, 3.63) is 166 Å². The Labute approximate surface area is 467 Å². The third-order valence-corrected chi connectivity index (χ3v) is 17.7. The van der Waals surface area contributed by atoms with E-state index in [0.29, 0.717) is 38.3 Å². The van der Waals surface area contributed by atoms with E-state index in [1.165, 1.54) is 50.1 Å². The van der Waals surface area contributed by atoms with Crippen molar-refractivity contribution >= 4 is 37.5 Å². The maximum Gasteiger partial charge on any atom is 0.407 e. The van der Waals surface area contributed by atoms with Gasteiger partial charge in [0, 0.05) is 57.1 Å². The van der Waals surface area contributed by atoms with Crippen LogP contribution >= 0.6 is 0 Å². The lowest BCUT2D eigenvalue weighted by Crippen LogP contribution is -2.52. The molecule has 1 amide bonds. The molecule has 2 saturated heterocycles. The maximum atomic E-state index is 13.8. The summed E-state index contributed by atoms with van der Waals surface area (Å²) in [6.45, 7) is 16.0. The summed E-state index contributed by atoms with van der Waals surface area (Å²) >= 11 is 0. The van der Waals surface area contributed by atoms with Gasteiger partial charge in [-0.1, -0.05) is 145 Å². The highest BCUT2D eigenvalue weighted by atomic mass is 32.2. The second-order valence-electron chi connectivity index (χ2n) is 22.6. The summed E-state index contributed by atoms with van der Waals surface area (Å²) in [6, 6.07) is 40.6. The van der Waals surface area contributed by atoms with Crippen LogP contribution in [0.4, 0.5) is 16.2 Å². The number of ether oxygens (including phenoxy) is 3. The predicted molar refractivity (Wildman–Crippen MR) is 306 cm³/mol. The number of nitro groups is 1. The summed E-state index contributed by atoms with van der Waals surface area (Å²) in [4.78, 5) is 26.1. The van der Waals surface area contributed by atoms with E-state index in [-0.39, 0.29) is 65.1 Å². The van der Waals surface area contributed by atoms with Crippen LogP contribution in [-0.4, -0.2) is 123 Å². The van der Waals surface area contributed by atoms with Crippen LogP contribution in [0, 0.1) is 32.8 Å². The number of amides is 1. The number of nitrogens with two attached hydrogens (primary N) is 2. The molecule has 18 nitrogen and oxygen atoms in total. The van der Waals surface area contributed by atoms with E-state index in [1.807, 2.05) is 94.4 Å². The lowest BCUT2D eigenvalue weighted by molar-refractivity contribution is -0.385. The lowest BCUT2D eigenvalue weighted by atomic mass is 9.88. The minimum atomic E-state index is -4.06. The van der Waals surface area contributed by atoms with Crippen molar-refractivity contribution < 1.29 is 45.9 Å². The number of aliphatic hydroxyl groups excluding tert-OH is 1. The third kappa shape index (κ3) is 18.9. The van der Waals surface area contributed by atoms with Gasteiger partial charge in [0.2, 0.25) is 20.0 Å². The van der Waals surface area contributed by atoms with Gasteiger partial charge in [0.25, 0.3) is 5.69 Å². The van der Waals surface area contributed by atoms with Crippen LogP contribution in [-0.2, 0) is 53.8 Å². The number of hydrogen-bond acceptors (Lipinski definition) is 14. The van der Waals surface area contributed by atoms with Crippen LogP contribution in [0.2, 0.25) is 0 Å². The molecule has 0 saturated carbocycles. The first-order chi connectivity index (χ1) is 37.4. The Morgan fingerprint density at radius 3 is 1.84 bits per heavy atom. The number of sulfonamides is 2. The van der Waals surface area contributed by atoms with Crippen LogP contribution in [0.1, 0.15) is 77.5 Å². The van der Waals surface area contributed by atoms with Gasteiger partial charge in [0.05, 0.1) is 46.0 Å². The van der Waals surface area contributed by atoms with Crippen LogP contribution < -0.4 is 16.8 Å². The number of carbonyl (C=O) groups excluding carboxylic acids is 1. The SMILES string of the molecule is CC(C)(CCN)CN(C[C@@H](O)[C@H](Cc1ccccc1)NC(=O)O[C@H]1CO[C@H]2OCC[C@H]21)S(=O)(=O)c1cccc(N)c1.CC(C)CN(CC(C)(C)CCN(Cc1ccccc1)Cc1ccccc1)S(=O)(=O)c1cccc([N+](=O)[O-])c1. The average Bonchev–Trinajstić information content (AvgIpc) is 4.05. The molecule has 0 unspecified atom stereocenters. The Morgan fingerprint density at radius 1 is 0.759 bits per heavy atom. The van der Waals surface area contributed by atoms with Gasteiger partial charge in [-0.2, -0.15) is 8.61 Å². The molecular weight excluding hydrogens is 1050 g/mol. The van der Waals surface area contributed by atoms with E-state index >= 15 is 0 Å². The summed E-state index contributed by atoms with van der Waals surface area (Å²) in [5.74, 6) is 0.0638. The lowest BCUT2D eigenvalue weighted by Gasteiger charge is -2.35. The summed E-state index contributed by atoms with van der Waals surface area (Å²) in [6.07, 6.45) is -0.476. The van der Waals surface area contributed by atoms with Crippen molar-refractivity contribution in [1.82, 2.24) is 18.8 Å². The number of nitrogen functional groups attached to an aromatic ring is 1. The molecule has 5 aromatic carbocycles. The number of alkyl carbamates (subject to hydrolysis) is 1. The second-order valence-corrected chi connectivity index (χ2v) is 26.5. The Hall–Kier alpha value is -5.81. The van der Waals surface area contributed by atoms with E-state index in [0.717, 1.165) is 44.1 Å². The summed E-state index contributed by atoms with van der Waals surface area (Å²) < 4.78 is 74.4. The molecule has 6 N–H and O–H groups in total. The Balaban J connectivity index is 0.000000256. The third-order valence-electron chi connectivity index (χ3n) is 14.1. The van der Waals surface area contributed by atoms with Crippen LogP contribution in [0.25, 0.3) is 0 Å². The van der Waals surface area contributed by atoms with Gasteiger partial charge in [0.15, 0.2) is 6.29 Å². The quantitative estimate of drug-likeness (QED) is 0.0219. The van der Waals surface area contributed by atoms with Gasteiger partial charge in [-0.05, 0) is 96.5 Å². The first-order valence-corrected chi connectivity index (χ1v) is 29.9. The molecule has 0 spiro atoms. The zero-order valence-corrected chi connectivity index (χ0v) is 48.1. The summed E-state index contributed by atoms with van der Waals surface area (Å²) in [7, 11) is -7.96. The van der Waals surface area contributed by atoms with E-state index in [1.54, 1.807) is 12.1 Å². The van der Waals surface area contributed by atoms with E-state index < -0.39 is 54.7 Å². The van der Waals surface area contributed by atoms with Crippen molar-refractivity contribution in [3.63, 3.8) is 0 Å². The fourth-order valence-corrected chi connectivity index (χ4v) is 13.4. The van der Waals surface area contributed by atoms with Gasteiger partial charge < -0.3 is 36.1 Å². The maximum absolute atomic E-state index is 13.8. The predicted octanol–water partition coefficient (Wildman–Crippen LogP) is 8.45. The number of anilines is 1. The number of carbonyl (C=O) groups is 1. The van der Waals surface area contributed by atoms with Gasteiger partial charge >= 0.3 is 6.09 Å². The highest BCUT2D eigenvalue weighted by Gasteiger charge is 2.44. The molecule has 7 rings (SSSR count). The fraction of sp³-hybridized carbons (Fsp3) is 0.475. The van der Waals surface area contributed by atoms with Crippen molar-refractivity contribution in [2.75, 3.05) is 58.2 Å². The zero-order chi connectivity index (χ0) is 57.4. The Morgan fingerprint density at radius 2 is 1.29 bits per heavy atom. The van der Waals surface area contributed by atoms with Crippen LogP contribution in [0.3, 0.4) is 0 Å². The van der Waals surface area contributed by atoms with Gasteiger partial charge in [-0.15, -0.1) is 0 Å². The number of hydrogen-bond donors (Lipinski definition) is 4. The van der Waals surface area contributed by atoms with Crippen LogP contribution in [0.15, 0.2) is 149 Å². The van der Waals surface area contributed by atoms with Crippen LogP contribution in [0.5, 0.6) is 0 Å². The minimum absolute atomic E-state index is 0.0230. The largest absolute Gasteiger partial charge is 0.443 e. The van der Waals surface area contributed by atoms with Gasteiger partial charge in [-0.25, -0.2) is 21.6 Å². The number of rotatable bonds is 27. The monoisotopic (exact) mass is 1130 g/mol. The van der Waals surface area contributed by atoms with E-state index in [2.05, 4.69) is 48.3 Å². The molecule has 2 heterocycles. The van der Waals surface area contributed by atoms with Crippen molar-refractivity contribution in [2.24, 2.45) is 28.4 Å². The molecule has 0 bridgehead atoms. The van der Waals surface area contributed by atoms with Crippen molar-refractivity contribution in [2.45, 2.75) is 115 Å². The molecule has 2 aliphatic heterocycles. The molecule has 2 fully saturated rings. The topological polar surface area (TPSA) is 250 Å². The Kier molecular flexibility index (Phi) is 22.6. The van der Waals surface area contributed by atoms with Crippen molar-refractivity contribution in [3.8, 4) is 0 Å². The first-order valence-electron chi connectivity index (χ1n) is 27.0. The van der Waals surface area contributed by atoms with Gasteiger partial charge in [-0.3, -0.25) is 15.0 Å². The molecule has 430 valence electrons. The smallest absolute Gasteiger partial charge is 0.407 e. The first kappa shape index (κ1) is 62.4. The standard InChI is InChI=1S/C30H39N3O4S.C29H42N4O7S/c1-25(2)21-32(38(36,37)29-17-11-16-28(20-29)33(34)35)24-30(3,4)18-19-31(22-26-12-7-5-8-13-26)23-27-14-9-6-10-15-27;1-29(2,12-13-30)19-33(41(36,37)22-10-6-9-21(31)16-22)17-25(34)24(15-20-7-4-3-5-8-20)32-28(35)40-26-18-39-27-23(26)11-14-38-27/h5-17,20,25H,18-19,21-24H2,1-4H3;3-10,16,23-27,34H,11-15,17-19,30-31H2,1-2H3,(H,32,35)/t;23-,24-,25+,26-,27+/m.0/s1. The molecule has 2 aliphatic rings. The summed E-state index contributed by atoms with van der Waals surface area (Å²) in [5.41, 5.74) is 14.3. The minimum Gasteiger partial charge on any atom is -0.443 e. The number of fused-ring (bicyclic) bond motifs is 1. The number of benzene rings is 5. The molecule has 0 aromatic heterocycles. The number of nitro benzene ring substituents is 1. The molecule has 5 aromatic rings. The molecule has 20 heteroatoms. The highest BCUT2D eigenvalue weighted by molar-refractivity contribution is 7.89. The molecule has 0 radical (unpaired) electrons. The Bertz CT molecular complexity index is 2900. The summed E-state index contributed by atoms with van der Waals surface area (Å²) in [5, 5.41) is 25.6. The zero-order valence-electron chi connectivity index (χ0n) is 46.4. The molecule has 5 atom stereocenters. The van der Waals surface area contributed by atoms with Gasteiger partial charge in [0.1, 0.15) is 6.10 Å². The average molecular weight is 1130 g/mol. The number of aliphatic hydroxyl groups is 1. The number of non-ortho nitro benzene ring substituents is 1. The molecule has 79 heavy (non-hydrogen) atoms. The van der Waals surface area contributed by atoms with E-state index in [4.69, 9.17) is 25.7 Å². The van der Waals surface area contributed by atoms with Crippen molar-refractivity contribution in [1.29, 1.82) is 0 Å². The molecular formula is C59H81N7O11S2.